The van der Waals surface area contributed by atoms with Gasteiger partial charge in [-0.05, 0) is 30.2 Å². The number of benzene rings is 2. The molecule has 29 heavy (non-hydrogen) atoms. The van der Waals surface area contributed by atoms with Crippen LogP contribution < -0.4 is 15.4 Å². The Morgan fingerprint density at radius 1 is 1.00 bits per heavy atom. The van der Waals surface area contributed by atoms with Crippen LogP contribution in [-0.2, 0) is 20.7 Å². The van der Waals surface area contributed by atoms with E-state index in [4.69, 9.17) is 9.47 Å². The number of hydrogen-bond donors (Lipinski definition) is 2. The van der Waals surface area contributed by atoms with Crippen molar-refractivity contribution in [2.75, 3.05) is 20.8 Å². The van der Waals surface area contributed by atoms with E-state index in [-0.39, 0.29) is 18.2 Å². The van der Waals surface area contributed by atoms with Crippen LogP contribution in [0.25, 0.3) is 0 Å². The molecule has 2 aromatic carbocycles. The molecule has 0 heterocycles. The first-order valence-electron chi connectivity index (χ1n) is 9.37. The number of amides is 2. The Morgan fingerprint density at radius 2 is 1.76 bits per heavy atom. The Morgan fingerprint density at radius 3 is 2.45 bits per heavy atom. The van der Waals surface area contributed by atoms with Gasteiger partial charge in [0.2, 0.25) is 5.91 Å². The van der Waals surface area contributed by atoms with Crippen LogP contribution in [0.15, 0.2) is 54.6 Å². The number of methoxy groups -OCH3 is 2. The van der Waals surface area contributed by atoms with Gasteiger partial charge in [0.25, 0.3) is 5.91 Å². The Labute approximate surface area is 170 Å². The summed E-state index contributed by atoms with van der Waals surface area (Å²) >= 11 is 0. The lowest BCUT2D eigenvalue weighted by Crippen LogP contribution is -2.43. The van der Waals surface area contributed by atoms with Crippen molar-refractivity contribution < 1.29 is 23.9 Å². The van der Waals surface area contributed by atoms with Crippen molar-refractivity contribution in [2.45, 2.75) is 25.3 Å². The molecule has 0 aliphatic rings. The SMILES string of the molecule is COC(=O)[C@@H](Cc1ccccc1)NC(=O)CCCNC(=O)c1cccc(OC)c1. The van der Waals surface area contributed by atoms with Crippen LogP contribution in [0.1, 0.15) is 28.8 Å². The van der Waals surface area contributed by atoms with Gasteiger partial charge in [-0.1, -0.05) is 36.4 Å². The second kappa shape index (κ2) is 11.5. The van der Waals surface area contributed by atoms with Crippen LogP contribution in [0.2, 0.25) is 0 Å². The summed E-state index contributed by atoms with van der Waals surface area (Å²) in [5.41, 5.74) is 1.41. The Hall–Kier alpha value is -3.35. The van der Waals surface area contributed by atoms with Gasteiger partial charge < -0.3 is 20.1 Å². The first-order chi connectivity index (χ1) is 14.0. The third-order valence-corrected chi connectivity index (χ3v) is 4.30. The lowest BCUT2D eigenvalue weighted by atomic mass is 10.1. The van der Waals surface area contributed by atoms with Crippen molar-refractivity contribution >= 4 is 17.8 Å². The number of esters is 1. The summed E-state index contributed by atoms with van der Waals surface area (Å²) in [5.74, 6) is -0.398. The molecule has 0 unspecified atom stereocenters. The highest BCUT2D eigenvalue weighted by atomic mass is 16.5. The minimum atomic E-state index is -0.749. The van der Waals surface area contributed by atoms with Crippen LogP contribution in [-0.4, -0.2) is 44.6 Å². The monoisotopic (exact) mass is 398 g/mol. The molecule has 0 bridgehead atoms. The molecule has 0 saturated heterocycles. The summed E-state index contributed by atoms with van der Waals surface area (Å²) in [7, 11) is 2.83. The fourth-order valence-electron chi connectivity index (χ4n) is 2.77. The van der Waals surface area contributed by atoms with Crippen molar-refractivity contribution in [3.8, 4) is 5.75 Å². The van der Waals surface area contributed by atoms with Crippen molar-refractivity contribution in [3.05, 3.63) is 65.7 Å². The van der Waals surface area contributed by atoms with E-state index >= 15 is 0 Å². The Bertz CT molecular complexity index is 823. The molecule has 0 aliphatic heterocycles. The van der Waals surface area contributed by atoms with E-state index in [1.165, 1.54) is 14.2 Å². The number of nitrogens with one attached hydrogen (secondary N) is 2. The summed E-state index contributed by atoms with van der Waals surface area (Å²) in [6.45, 7) is 0.338. The summed E-state index contributed by atoms with van der Waals surface area (Å²) in [6, 6.07) is 15.5. The molecule has 0 aliphatic carbocycles. The number of carbonyl (C=O) groups is 3. The zero-order valence-corrected chi connectivity index (χ0v) is 16.6. The molecular formula is C22H26N2O5. The molecule has 154 valence electrons. The fraction of sp³-hybridized carbons (Fsp3) is 0.318. The molecule has 0 saturated carbocycles. The zero-order valence-electron chi connectivity index (χ0n) is 16.6. The van der Waals surface area contributed by atoms with E-state index in [1.807, 2.05) is 30.3 Å². The van der Waals surface area contributed by atoms with E-state index in [9.17, 15) is 14.4 Å². The van der Waals surface area contributed by atoms with Crippen LogP contribution in [0.3, 0.4) is 0 Å². The molecule has 0 radical (unpaired) electrons. The fourth-order valence-corrected chi connectivity index (χ4v) is 2.77. The maximum atomic E-state index is 12.2. The average Bonchev–Trinajstić information content (AvgIpc) is 2.76. The van der Waals surface area contributed by atoms with Crippen LogP contribution in [0, 0.1) is 0 Å². The molecular weight excluding hydrogens is 372 g/mol. The quantitative estimate of drug-likeness (QED) is 0.472. The van der Waals surface area contributed by atoms with Gasteiger partial charge >= 0.3 is 5.97 Å². The minimum absolute atomic E-state index is 0.181. The molecule has 2 rings (SSSR count). The lowest BCUT2D eigenvalue weighted by Gasteiger charge is -2.16. The molecule has 1 atom stereocenters. The third-order valence-electron chi connectivity index (χ3n) is 4.30. The van der Waals surface area contributed by atoms with Crippen LogP contribution in [0.4, 0.5) is 0 Å². The number of rotatable bonds is 10. The van der Waals surface area contributed by atoms with Gasteiger partial charge in [0.1, 0.15) is 11.8 Å². The summed E-state index contributed by atoms with van der Waals surface area (Å²) in [6.07, 6.45) is 0.979. The lowest BCUT2D eigenvalue weighted by molar-refractivity contribution is -0.145. The normalized spacial score (nSPS) is 11.2. The van der Waals surface area contributed by atoms with Crippen molar-refractivity contribution in [2.24, 2.45) is 0 Å². The molecule has 2 N–H and O–H groups in total. The molecule has 0 aromatic heterocycles. The maximum absolute atomic E-state index is 12.2. The topological polar surface area (TPSA) is 93.7 Å². The van der Waals surface area contributed by atoms with Crippen LogP contribution in [0.5, 0.6) is 5.75 Å². The summed E-state index contributed by atoms with van der Waals surface area (Å²) in [5, 5.41) is 5.47. The van der Waals surface area contributed by atoms with Gasteiger partial charge in [0.05, 0.1) is 14.2 Å². The second-order valence-corrected chi connectivity index (χ2v) is 6.42. The number of carbonyl (C=O) groups excluding carboxylic acids is 3. The van der Waals surface area contributed by atoms with E-state index in [0.717, 1.165) is 5.56 Å². The Kier molecular flexibility index (Phi) is 8.69. The van der Waals surface area contributed by atoms with E-state index in [1.54, 1.807) is 24.3 Å². The molecule has 7 heteroatoms. The summed E-state index contributed by atoms with van der Waals surface area (Å²) < 4.78 is 9.89. The average molecular weight is 398 g/mol. The highest BCUT2D eigenvalue weighted by molar-refractivity contribution is 5.94. The highest BCUT2D eigenvalue weighted by Crippen LogP contribution is 2.12. The Balaban J connectivity index is 1.78. The zero-order chi connectivity index (χ0) is 21.1. The minimum Gasteiger partial charge on any atom is -0.497 e. The predicted molar refractivity (Wildman–Crippen MR) is 109 cm³/mol. The molecule has 2 aromatic rings. The van der Waals surface area contributed by atoms with Crippen molar-refractivity contribution in [3.63, 3.8) is 0 Å². The van der Waals surface area contributed by atoms with Crippen LogP contribution >= 0.6 is 0 Å². The first kappa shape index (κ1) is 21.9. The third kappa shape index (κ3) is 7.29. The number of ether oxygens (including phenoxy) is 2. The van der Waals surface area contributed by atoms with Gasteiger partial charge in [-0.3, -0.25) is 9.59 Å². The standard InChI is InChI=1S/C22H26N2O5/c1-28-18-11-6-10-17(15-18)21(26)23-13-7-12-20(25)24-19(22(27)29-2)14-16-8-4-3-5-9-16/h3-6,8-11,15,19H,7,12-14H2,1-2H3,(H,23,26)(H,24,25)/t19-/m1/s1. The van der Waals surface area contributed by atoms with Gasteiger partial charge in [0, 0.05) is 24.9 Å². The van der Waals surface area contributed by atoms with E-state index in [0.29, 0.717) is 30.7 Å². The van der Waals surface area contributed by atoms with Crippen molar-refractivity contribution in [1.29, 1.82) is 0 Å². The van der Waals surface area contributed by atoms with E-state index < -0.39 is 12.0 Å². The predicted octanol–water partition coefficient (Wildman–Crippen LogP) is 2.11. The number of hydrogen-bond acceptors (Lipinski definition) is 5. The smallest absolute Gasteiger partial charge is 0.328 e. The van der Waals surface area contributed by atoms with Gasteiger partial charge in [-0.15, -0.1) is 0 Å². The molecule has 0 spiro atoms. The second-order valence-electron chi connectivity index (χ2n) is 6.42. The van der Waals surface area contributed by atoms with Gasteiger partial charge in [0.15, 0.2) is 0 Å². The maximum Gasteiger partial charge on any atom is 0.328 e. The molecule has 0 fully saturated rings. The largest absolute Gasteiger partial charge is 0.497 e. The molecule has 2 amide bonds. The van der Waals surface area contributed by atoms with Crippen molar-refractivity contribution in [1.82, 2.24) is 10.6 Å². The summed E-state index contributed by atoms with van der Waals surface area (Å²) in [4.78, 5) is 36.3. The van der Waals surface area contributed by atoms with E-state index in [2.05, 4.69) is 10.6 Å². The van der Waals surface area contributed by atoms with Gasteiger partial charge in [-0.2, -0.15) is 0 Å². The first-order valence-corrected chi connectivity index (χ1v) is 9.37. The van der Waals surface area contributed by atoms with Gasteiger partial charge in [-0.25, -0.2) is 4.79 Å². The molecule has 7 nitrogen and oxygen atoms in total. The highest BCUT2D eigenvalue weighted by Gasteiger charge is 2.21.